The molecule has 0 aliphatic heterocycles. The maximum Gasteiger partial charge on any atom is 0.143 e. The van der Waals surface area contributed by atoms with E-state index >= 15 is 0 Å². The van der Waals surface area contributed by atoms with Crippen LogP contribution in [-0.4, -0.2) is 10.8 Å². The van der Waals surface area contributed by atoms with E-state index in [1.54, 1.807) is 6.20 Å². The lowest BCUT2D eigenvalue weighted by atomic mass is 10.0. The Bertz CT molecular complexity index is 502. The van der Waals surface area contributed by atoms with Crippen molar-refractivity contribution < 1.29 is 4.79 Å². The van der Waals surface area contributed by atoms with E-state index in [0.717, 1.165) is 17.7 Å². The number of nitrogens with zero attached hydrogens (tertiary/aromatic N) is 1. The number of carbonyl (C=O) groups is 1. The molecule has 2 heteroatoms. The zero-order chi connectivity index (χ0) is 12.8. The summed E-state index contributed by atoms with van der Waals surface area (Å²) in [5.74, 6) is 0.206. The van der Waals surface area contributed by atoms with Crippen LogP contribution in [0.1, 0.15) is 23.7 Å². The minimum absolute atomic E-state index is 0.206. The molecule has 1 aromatic carbocycles. The topological polar surface area (TPSA) is 30.0 Å². The maximum atomic E-state index is 11.9. The molecule has 0 saturated carbocycles. The van der Waals surface area contributed by atoms with Crippen LogP contribution in [0.15, 0.2) is 48.7 Å². The van der Waals surface area contributed by atoms with Crippen LogP contribution in [-0.2, 0) is 24.1 Å². The molecule has 2 aromatic rings. The molecule has 0 spiro atoms. The molecular formula is C16H17NO. The first-order chi connectivity index (χ1) is 8.78. The average Bonchev–Trinajstić information content (AvgIpc) is 2.40. The molecular weight excluding hydrogens is 222 g/mol. The van der Waals surface area contributed by atoms with E-state index in [2.05, 4.69) is 24.0 Å². The van der Waals surface area contributed by atoms with Gasteiger partial charge in [-0.05, 0) is 29.7 Å². The van der Waals surface area contributed by atoms with E-state index in [1.165, 1.54) is 5.56 Å². The van der Waals surface area contributed by atoms with Gasteiger partial charge in [0.05, 0.1) is 0 Å². The lowest BCUT2D eigenvalue weighted by Gasteiger charge is -2.02. The predicted molar refractivity (Wildman–Crippen MR) is 72.5 cm³/mol. The van der Waals surface area contributed by atoms with E-state index in [-0.39, 0.29) is 5.78 Å². The van der Waals surface area contributed by atoms with Gasteiger partial charge in [0.25, 0.3) is 0 Å². The van der Waals surface area contributed by atoms with Crippen molar-refractivity contribution in [1.82, 2.24) is 4.98 Å². The Morgan fingerprint density at radius 2 is 1.72 bits per heavy atom. The predicted octanol–water partition coefficient (Wildman–Crippen LogP) is 3.00. The third-order valence-electron chi connectivity index (χ3n) is 2.94. The zero-order valence-electron chi connectivity index (χ0n) is 10.6. The van der Waals surface area contributed by atoms with Gasteiger partial charge in [-0.2, -0.15) is 0 Å². The monoisotopic (exact) mass is 239 g/mol. The number of hydrogen-bond donors (Lipinski definition) is 0. The number of ketones is 1. The van der Waals surface area contributed by atoms with Crippen LogP contribution in [0, 0.1) is 0 Å². The molecule has 0 atom stereocenters. The lowest BCUT2D eigenvalue weighted by Crippen LogP contribution is -2.07. The zero-order valence-corrected chi connectivity index (χ0v) is 10.6. The summed E-state index contributed by atoms with van der Waals surface area (Å²) < 4.78 is 0. The number of carbonyl (C=O) groups excluding carboxylic acids is 1. The maximum absolute atomic E-state index is 11.9. The SMILES string of the molecule is CCc1ccc(CC(=O)Cc2ccccn2)cc1. The number of Topliss-reactive ketones (excluding diaryl/α,β-unsaturated/α-hetero) is 1. The van der Waals surface area contributed by atoms with E-state index in [9.17, 15) is 4.79 Å². The minimum Gasteiger partial charge on any atom is -0.299 e. The summed E-state index contributed by atoms with van der Waals surface area (Å²) in [6, 6.07) is 13.9. The van der Waals surface area contributed by atoms with E-state index in [4.69, 9.17) is 0 Å². The van der Waals surface area contributed by atoms with Crippen molar-refractivity contribution in [2.24, 2.45) is 0 Å². The van der Waals surface area contributed by atoms with Gasteiger partial charge in [-0.25, -0.2) is 0 Å². The van der Waals surface area contributed by atoms with Crippen LogP contribution in [0.4, 0.5) is 0 Å². The van der Waals surface area contributed by atoms with E-state index < -0.39 is 0 Å². The lowest BCUT2D eigenvalue weighted by molar-refractivity contribution is -0.117. The number of aromatic nitrogens is 1. The van der Waals surface area contributed by atoms with Crippen LogP contribution in [0.25, 0.3) is 0 Å². The molecule has 2 nitrogen and oxygen atoms in total. The standard InChI is InChI=1S/C16H17NO/c1-2-13-6-8-14(9-7-13)11-16(18)12-15-5-3-4-10-17-15/h3-10H,2,11-12H2,1H3. The van der Waals surface area contributed by atoms with Gasteiger partial charge in [-0.1, -0.05) is 37.3 Å². The van der Waals surface area contributed by atoms with Crippen LogP contribution in [0.2, 0.25) is 0 Å². The smallest absolute Gasteiger partial charge is 0.143 e. The Morgan fingerprint density at radius 3 is 2.33 bits per heavy atom. The molecule has 0 N–H and O–H groups in total. The summed E-state index contributed by atoms with van der Waals surface area (Å²) in [5.41, 5.74) is 3.22. The van der Waals surface area contributed by atoms with Crippen molar-refractivity contribution in [3.8, 4) is 0 Å². The molecule has 0 fully saturated rings. The second-order valence-corrected chi connectivity index (χ2v) is 4.38. The molecule has 0 aliphatic carbocycles. The number of pyridine rings is 1. The quantitative estimate of drug-likeness (QED) is 0.802. The van der Waals surface area contributed by atoms with Crippen LogP contribution in [0.5, 0.6) is 0 Å². The van der Waals surface area contributed by atoms with Crippen molar-refractivity contribution in [2.45, 2.75) is 26.2 Å². The molecule has 92 valence electrons. The Morgan fingerprint density at radius 1 is 1.00 bits per heavy atom. The van der Waals surface area contributed by atoms with Crippen molar-refractivity contribution >= 4 is 5.78 Å². The molecule has 0 amide bonds. The molecule has 0 aliphatic rings. The van der Waals surface area contributed by atoms with Gasteiger partial charge < -0.3 is 0 Å². The van der Waals surface area contributed by atoms with Gasteiger partial charge in [-0.3, -0.25) is 9.78 Å². The second-order valence-electron chi connectivity index (χ2n) is 4.38. The van der Waals surface area contributed by atoms with Crippen LogP contribution < -0.4 is 0 Å². The van der Waals surface area contributed by atoms with Gasteiger partial charge in [0.15, 0.2) is 0 Å². The molecule has 1 heterocycles. The van der Waals surface area contributed by atoms with Gasteiger partial charge in [0.2, 0.25) is 0 Å². The third kappa shape index (κ3) is 3.52. The highest BCUT2D eigenvalue weighted by atomic mass is 16.1. The van der Waals surface area contributed by atoms with Gasteiger partial charge >= 0.3 is 0 Å². The number of aryl methyl sites for hydroxylation is 1. The number of rotatable bonds is 5. The van der Waals surface area contributed by atoms with Crippen molar-refractivity contribution in [1.29, 1.82) is 0 Å². The third-order valence-corrected chi connectivity index (χ3v) is 2.94. The fourth-order valence-corrected chi connectivity index (χ4v) is 1.89. The highest BCUT2D eigenvalue weighted by molar-refractivity contribution is 5.82. The molecule has 2 rings (SSSR count). The summed E-state index contributed by atoms with van der Waals surface area (Å²) in [6.07, 6.45) is 3.65. The van der Waals surface area contributed by atoms with Gasteiger partial charge in [0.1, 0.15) is 5.78 Å². The largest absolute Gasteiger partial charge is 0.299 e. The van der Waals surface area contributed by atoms with Crippen molar-refractivity contribution in [2.75, 3.05) is 0 Å². The normalized spacial score (nSPS) is 10.3. The molecule has 0 bridgehead atoms. The van der Waals surface area contributed by atoms with Crippen LogP contribution >= 0.6 is 0 Å². The Hall–Kier alpha value is -1.96. The second kappa shape index (κ2) is 6.10. The van der Waals surface area contributed by atoms with Crippen molar-refractivity contribution in [3.63, 3.8) is 0 Å². The fraction of sp³-hybridized carbons (Fsp3) is 0.250. The van der Waals surface area contributed by atoms with E-state index in [1.807, 2.05) is 30.3 Å². The highest BCUT2D eigenvalue weighted by Gasteiger charge is 2.05. The number of benzene rings is 1. The Labute approximate surface area is 108 Å². The molecule has 0 unspecified atom stereocenters. The first-order valence-electron chi connectivity index (χ1n) is 6.27. The van der Waals surface area contributed by atoms with Gasteiger partial charge in [0, 0.05) is 24.7 Å². The van der Waals surface area contributed by atoms with Crippen molar-refractivity contribution in [3.05, 3.63) is 65.5 Å². The summed E-state index contributed by atoms with van der Waals surface area (Å²) in [5, 5.41) is 0. The Kier molecular flexibility index (Phi) is 4.24. The summed E-state index contributed by atoms with van der Waals surface area (Å²) >= 11 is 0. The fourth-order valence-electron chi connectivity index (χ4n) is 1.89. The molecule has 18 heavy (non-hydrogen) atoms. The summed E-state index contributed by atoms with van der Waals surface area (Å²) in [4.78, 5) is 16.1. The summed E-state index contributed by atoms with van der Waals surface area (Å²) in [7, 11) is 0. The molecule has 0 radical (unpaired) electrons. The number of hydrogen-bond acceptors (Lipinski definition) is 2. The summed E-state index contributed by atoms with van der Waals surface area (Å²) in [6.45, 7) is 2.13. The van der Waals surface area contributed by atoms with Gasteiger partial charge in [-0.15, -0.1) is 0 Å². The average molecular weight is 239 g/mol. The first kappa shape index (κ1) is 12.5. The molecule has 1 aromatic heterocycles. The van der Waals surface area contributed by atoms with E-state index in [0.29, 0.717) is 12.8 Å². The highest BCUT2D eigenvalue weighted by Crippen LogP contribution is 2.07. The van der Waals surface area contributed by atoms with Crippen LogP contribution in [0.3, 0.4) is 0 Å². The molecule has 0 saturated heterocycles. The Balaban J connectivity index is 1.94. The first-order valence-corrected chi connectivity index (χ1v) is 6.27. The minimum atomic E-state index is 0.206.